The second-order valence-electron chi connectivity index (χ2n) is 7.58. The summed E-state index contributed by atoms with van der Waals surface area (Å²) in [6, 6.07) is 9.41. The average Bonchev–Trinajstić information content (AvgIpc) is 3.34. The van der Waals surface area contributed by atoms with Crippen LogP contribution in [0.1, 0.15) is 28.2 Å². The van der Waals surface area contributed by atoms with E-state index in [-0.39, 0.29) is 12.2 Å². The molecule has 5 heterocycles. The largest absolute Gasteiger partial charge is 0.302 e. The van der Waals surface area contributed by atoms with Crippen molar-refractivity contribution in [3.05, 3.63) is 71.3 Å². The minimum absolute atomic E-state index is 0.0179. The van der Waals surface area contributed by atoms with Crippen LogP contribution in [-0.4, -0.2) is 56.0 Å². The number of rotatable bonds is 5. The summed E-state index contributed by atoms with van der Waals surface area (Å²) in [5.41, 5.74) is 6.67. The normalized spacial score (nSPS) is 14.5. The maximum absolute atomic E-state index is 13.0. The molecule has 8 heteroatoms. The van der Waals surface area contributed by atoms with Crippen LogP contribution in [0.4, 0.5) is 0 Å². The van der Waals surface area contributed by atoms with Gasteiger partial charge in [0.1, 0.15) is 11.2 Å². The molecule has 0 aromatic carbocycles. The van der Waals surface area contributed by atoms with Crippen molar-refractivity contribution >= 4 is 33.6 Å². The third kappa shape index (κ3) is 4.26. The van der Waals surface area contributed by atoms with Crippen molar-refractivity contribution in [2.75, 3.05) is 20.1 Å². The van der Waals surface area contributed by atoms with Gasteiger partial charge in [-0.1, -0.05) is 17.4 Å². The molecule has 0 atom stereocenters. The van der Waals surface area contributed by atoms with E-state index in [1.807, 2.05) is 24.3 Å². The fourth-order valence-corrected chi connectivity index (χ4v) is 4.13. The number of nitrogens with zero attached hydrogens (tertiary/aromatic N) is 6. The molecule has 4 aromatic rings. The number of Topliss-reactive ketones (excluding diaryl/α,β-unsaturated/α-hetero) is 1. The van der Waals surface area contributed by atoms with Gasteiger partial charge < -0.3 is 4.90 Å². The van der Waals surface area contributed by atoms with Crippen molar-refractivity contribution in [2.24, 2.45) is 0 Å². The molecule has 154 valence electrons. The Morgan fingerprint density at radius 3 is 2.90 bits per heavy atom. The second-order valence-corrected chi connectivity index (χ2v) is 8.41. The molecule has 5 rings (SSSR count). The number of hydrogen-bond donors (Lipinski definition) is 0. The van der Waals surface area contributed by atoms with E-state index in [0.717, 1.165) is 46.8 Å². The highest BCUT2D eigenvalue weighted by atomic mass is 32.1. The quantitative estimate of drug-likeness (QED) is 0.448. The molecule has 0 saturated carbocycles. The number of likely N-dealkylation sites (N-methyl/N-ethyl adjacent to an activating group) is 1. The molecule has 0 spiro atoms. The van der Waals surface area contributed by atoms with Crippen LogP contribution in [0.3, 0.4) is 0 Å². The number of aromatic nitrogens is 5. The van der Waals surface area contributed by atoms with Crippen molar-refractivity contribution < 1.29 is 4.79 Å². The third-order valence-corrected chi connectivity index (χ3v) is 6.09. The van der Waals surface area contributed by atoms with Crippen molar-refractivity contribution in [3.63, 3.8) is 0 Å². The van der Waals surface area contributed by atoms with Crippen LogP contribution in [-0.2, 0) is 6.42 Å². The van der Waals surface area contributed by atoms with Crippen LogP contribution in [0, 0.1) is 0 Å². The molecule has 0 N–H and O–H groups in total. The van der Waals surface area contributed by atoms with E-state index >= 15 is 0 Å². The molecule has 31 heavy (non-hydrogen) atoms. The van der Waals surface area contributed by atoms with Crippen LogP contribution >= 0.6 is 11.3 Å². The summed E-state index contributed by atoms with van der Waals surface area (Å²) in [4.78, 5) is 28.8. The van der Waals surface area contributed by atoms with Crippen LogP contribution in [0.15, 0.2) is 54.3 Å². The van der Waals surface area contributed by atoms with Gasteiger partial charge in [-0.3, -0.25) is 14.8 Å². The first-order chi connectivity index (χ1) is 15.2. The van der Waals surface area contributed by atoms with Crippen molar-refractivity contribution in [1.82, 2.24) is 30.0 Å². The maximum Gasteiger partial charge on any atom is 0.168 e. The Hall–Kier alpha value is -3.36. The Bertz CT molecular complexity index is 1280. The van der Waals surface area contributed by atoms with Gasteiger partial charge in [-0.2, -0.15) is 0 Å². The van der Waals surface area contributed by atoms with Gasteiger partial charge in [0.05, 0.1) is 23.3 Å². The minimum atomic E-state index is 0.0179. The van der Waals surface area contributed by atoms with Crippen LogP contribution < -0.4 is 0 Å². The summed E-state index contributed by atoms with van der Waals surface area (Å²) >= 11 is 1.44. The highest BCUT2D eigenvalue weighted by Gasteiger charge is 2.15. The minimum Gasteiger partial charge on any atom is -0.302 e. The smallest absolute Gasteiger partial charge is 0.168 e. The summed E-state index contributed by atoms with van der Waals surface area (Å²) in [7, 11) is 2.10. The molecular formula is C23H20N6OS. The van der Waals surface area contributed by atoms with Crippen molar-refractivity contribution in [2.45, 2.75) is 12.8 Å². The Morgan fingerprint density at radius 1 is 1.16 bits per heavy atom. The average molecular weight is 429 g/mol. The summed E-state index contributed by atoms with van der Waals surface area (Å²) in [5, 5.41) is 9.64. The number of carbonyl (C=O) groups excluding carboxylic acids is 1. The number of fused-ring (bicyclic) bond motifs is 1. The molecule has 1 aliphatic heterocycles. The van der Waals surface area contributed by atoms with E-state index in [1.165, 1.54) is 16.9 Å². The number of pyridine rings is 3. The zero-order chi connectivity index (χ0) is 21.2. The zero-order valence-electron chi connectivity index (χ0n) is 17.0. The molecular weight excluding hydrogens is 408 g/mol. The second kappa shape index (κ2) is 8.41. The Balaban J connectivity index is 1.38. The lowest BCUT2D eigenvalue weighted by molar-refractivity contribution is 0.0992. The standard InChI is InChI=1S/C23H20N6OS/c1-29-8-5-15(6-9-29)20-10-16(4-7-24-20)22(30)12-18-11-21-17(13-25-18)2-3-19(27-21)23-28-26-14-31-23/h2-5,7,10-11,13-14H,6,8-9,12H2,1H3. The summed E-state index contributed by atoms with van der Waals surface area (Å²) < 4.78 is 0. The van der Waals surface area contributed by atoms with E-state index < -0.39 is 0 Å². The summed E-state index contributed by atoms with van der Waals surface area (Å²) in [6.07, 6.45) is 6.82. The van der Waals surface area contributed by atoms with E-state index in [2.05, 4.69) is 43.2 Å². The predicted octanol–water partition coefficient (Wildman–Crippen LogP) is 3.69. The molecule has 7 nitrogen and oxygen atoms in total. The lowest BCUT2D eigenvalue weighted by atomic mass is 10.0. The molecule has 4 aromatic heterocycles. The highest BCUT2D eigenvalue weighted by Crippen LogP contribution is 2.23. The van der Waals surface area contributed by atoms with E-state index in [4.69, 9.17) is 0 Å². The number of hydrogen-bond acceptors (Lipinski definition) is 8. The van der Waals surface area contributed by atoms with Gasteiger partial charge in [0, 0.05) is 36.4 Å². The third-order valence-electron chi connectivity index (χ3n) is 5.37. The first-order valence-electron chi connectivity index (χ1n) is 10.0. The Labute approximate surface area is 183 Å². The highest BCUT2D eigenvalue weighted by molar-refractivity contribution is 7.12. The molecule has 0 unspecified atom stereocenters. The fourth-order valence-electron chi connectivity index (χ4n) is 3.61. The van der Waals surface area contributed by atoms with E-state index in [0.29, 0.717) is 11.3 Å². The Kier molecular flexibility index (Phi) is 5.31. The van der Waals surface area contributed by atoms with Gasteiger partial charge in [-0.05, 0) is 49.4 Å². The molecule has 0 saturated heterocycles. The molecule has 0 amide bonds. The summed E-state index contributed by atoms with van der Waals surface area (Å²) in [6.45, 7) is 1.90. The monoisotopic (exact) mass is 428 g/mol. The SMILES string of the molecule is CN1CC=C(c2cc(C(=O)Cc3cc4nc(-c5nncs5)ccc4cn3)ccn2)CC1. The topological polar surface area (TPSA) is 84.8 Å². The fraction of sp³-hybridized carbons (Fsp3) is 0.217. The van der Waals surface area contributed by atoms with Gasteiger partial charge in [0.15, 0.2) is 10.8 Å². The zero-order valence-corrected chi connectivity index (χ0v) is 17.8. The summed E-state index contributed by atoms with van der Waals surface area (Å²) in [5.74, 6) is 0.0179. The van der Waals surface area contributed by atoms with Crippen LogP contribution in [0.25, 0.3) is 27.2 Å². The maximum atomic E-state index is 13.0. The van der Waals surface area contributed by atoms with Crippen molar-refractivity contribution in [3.8, 4) is 10.7 Å². The molecule has 0 fully saturated rings. The molecule has 0 aliphatic carbocycles. The molecule has 0 bridgehead atoms. The van der Waals surface area contributed by atoms with Gasteiger partial charge >= 0.3 is 0 Å². The first-order valence-corrected chi connectivity index (χ1v) is 10.9. The van der Waals surface area contributed by atoms with Gasteiger partial charge in [-0.15, -0.1) is 10.2 Å². The van der Waals surface area contributed by atoms with Crippen molar-refractivity contribution in [1.29, 1.82) is 0 Å². The number of carbonyl (C=O) groups is 1. The van der Waals surface area contributed by atoms with Gasteiger partial charge in [0.25, 0.3) is 0 Å². The molecule has 1 aliphatic rings. The van der Waals surface area contributed by atoms with Crippen LogP contribution in [0.2, 0.25) is 0 Å². The molecule has 0 radical (unpaired) electrons. The lowest BCUT2D eigenvalue weighted by Gasteiger charge is -2.21. The Morgan fingerprint density at radius 2 is 2.10 bits per heavy atom. The predicted molar refractivity (Wildman–Crippen MR) is 121 cm³/mol. The van der Waals surface area contributed by atoms with Crippen LogP contribution in [0.5, 0.6) is 0 Å². The van der Waals surface area contributed by atoms with Gasteiger partial charge in [-0.25, -0.2) is 4.98 Å². The van der Waals surface area contributed by atoms with Gasteiger partial charge in [0.2, 0.25) is 0 Å². The van der Waals surface area contributed by atoms with E-state index in [1.54, 1.807) is 24.0 Å². The first kappa shape index (κ1) is 19.6. The van der Waals surface area contributed by atoms with E-state index in [9.17, 15) is 4.79 Å². The number of ketones is 1. The lowest BCUT2D eigenvalue weighted by Crippen LogP contribution is -2.23.